The summed E-state index contributed by atoms with van der Waals surface area (Å²) in [5, 5.41) is 2.94. The lowest BCUT2D eigenvalue weighted by Gasteiger charge is -2.34. The predicted octanol–water partition coefficient (Wildman–Crippen LogP) is 2.71. The molecule has 7 heteroatoms. The Kier molecular flexibility index (Phi) is 4.65. The molecule has 2 aromatic rings. The first-order valence-corrected chi connectivity index (χ1v) is 8.58. The first kappa shape index (κ1) is 17.3. The number of carbonyl (C=O) groups excluding carboxylic acids is 1. The minimum atomic E-state index is -0.507. The zero-order valence-corrected chi connectivity index (χ0v) is 15.0. The molecule has 1 aromatic heterocycles. The van der Waals surface area contributed by atoms with E-state index in [0.717, 1.165) is 30.4 Å². The minimum Gasteiger partial charge on any atom is -0.444 e. The molecular formula is C18H25N5O2. The molecule has 0 unspecified atom stereocenters. The van der Waals surface area contributed by atoms with E-state index in [-0.39, 0.29) is 6.04 Å². The fourth-order valence-corrected chi connectivity index (χ4v) is 3.00. The summed E-state index contributed by atoms with van der Waals surface area (Å²) >= 11 is 0. The predicted molar refractivity (Wildman–Crippen MR) is 98.6 cm³/mol. The summed E-state index contributed by atoms with van der Waals surface area (Å²) in [6.07, 6.45) is 1.45. The molecule has 0 spiro atoms. The highest BCUT2D eigenvalue weighted by molar-refractivity contribution is 5.79. The van der Waals surface area contributed by atoms with Gasteiger partial charge in [0.15, 0.2) is 11.6 Å². The van der Waals surface area contributed by atoms with Crippen molar-refractivity contribution in [3.05, 3.63) is 24.3 Å². The number of hydrogen-bond donors (Lipinski definition) is 2. The van der Waals surface area contributed by atoms with Crippen molar-refractivity contribution >= 4 is 28.8 Å². The normalized spacial score (nSPS) is 18.2. The quantitative estimate of drug-likeness (QED) is 0.871. The molecule has 1 atom stereocenters. The SMILES string of the molecule is CC(C)(C)OC(=O)N[C@H]1CCCN(c2nc3ccccc3nc2N)C1. The van der Waals surface area contributed by atoms with Crippen molar-refractivity contribution in [1.82, 2.24) is 15.3 Å². The number of ether oxygens (including phenoxy) is 1. The Hall–Kier alpha value is -2.57. The van der Waals surface area contributed by atoms with E-state index in [1.54, 1.807) is 0 Å². The van der Waals surface area contributed by atoms with Crippen molar-refractivity contribution in [2.75, 3.05) is 23.7 Å². The van der Waals surface area contributed by atoms with E-state index in [2.05, 4.69) is 20.2 Å². The number of hydrogen-bond acceptors (Lipinski definition) is 6. The van der Waals surface area contributed by atoms with Crippen LogP contribution in [0.15, 0.2) is 24.3 Å². The number of piperidine rings is 1. The summed E-state index contributed by atoms with van der Waals surface area (Å²) in [5.74, 6) is 1.09. The third kappa shape index (κ3) is 4.29. The average molecular weight is 343 g/mol. The molecule has 1 aliphatic heterocycles. The van der Waals surface area contributed by atoms with E-state index in [9.17, 15) is 4.79 Å². The number of carbonyl (C=O) groups is 1. The van der Waals surface area contributed by atoms with Gasteiger partial charge in [0, 0.05) is 19.1 Å². The van der Waals surface area contributed by atoms with Crippen molar-refractivity contribution in [3.8, 4) is 0 Å². The highest BCUT2D eigenvalue weighted by Crippen LogP contribution is 2.25. The summed E-state index contributed by atoms with van der Waals surface area (Å²) in [4.78, 5) is 23.2. The molecular weight excluding hydrogens is 318 g/mol. The molecule has 25 heavy (non-hydrogen) atoms. The van der Waals surface area contributed by atoms with E-state index < -0.39 is 11.7 Å². The standard InChI is InChI=1S/C18H25N5O2/c1-18(2,3)25-17(24)20-12-7-6-10-23(11-12)16-15(19)21-13-8-4-5-9-14(13)22-16/h4-5,8-9,12H,6-7,10-11H2,1-3H3,(H2,19,21)(H,20,24)/t12-/m0/s1. The zero-order valence-electron chi connectivity index (χ0n) is 15.0. The highest BCUT2D eigenvalue weighted by Gasteiger charge is 2.26. The van der Waals surface area contributed by atoms with Crippen LogP contribution in [0.4, 0.5) is 16.4 Å². The van der Waals surface area contributed by atoms with Gasteiger partial charge in [0.25, 0.3) is 0 Å². The topological polar surface area (TPSA) is 93.4 Å². The number of nitrogen functional groups attached to an aromatic ring is 1. The Morgan fingerprint density at radius 3 is 2.64 bits per heavy atom. The Morgan fingerprint density at radius 1 is 1.28 bits per heavy atom. The summed E-state index contributed by atoms with van der Waals surface area (Å²) < 4.78 is 5.34. The molecule has 1 aromatic carbocycles. The number of fused-ring (bicyclic) bond motifs is 1. The molecule has 134 valence electrons. The van der Waals surface area contributed by atoms with Crippen LogP contribution in [0, 0.1) is 0 Å². The molecule has 1 saturated heterocycles. The van der Waals surface area contributed by atoms with Gasteiger partial charge in [0.05, 0.1) is 11.0 Å². The lowest BCUT2D eigenvalue weighted by molar-refractivity contribution is 0.0500. The number of nitrogens with one attached hydrogen (secondary N) is 1. The van der Waals surface area contributed by atoms with Crippen LogP contribution in [0.5, 0.6) is 0 Å². The molecule has 1 aliphatic rings. The van der Waals surface area contributed by atoms with Crippen LogP contribution in [0.2, 0.25) is 0 Å². The number of alkyl carbamates (subject to hydrolysis) is 1. The van der Waals surface area contributed by atoms with E-state index >= 15 is 0 Å². The number of benzene rings is 1. The molecule has 7 nitrogen and oxygen atoms in total. The molecule has 0 bridgehead atoms. The van der Waals surface area contributed by atoms with Gasteiger partial charge in [-0.05, 0) is 45.7 Å². The smallest absolute Gasteiger partial charge is 0.407 e. The fraction of sp³-hybridized carbons (Fsp3) is 0.500. The molecule has 1 amide bonds. The van der Waals surface area contributed by atoms with Gasteiger partial charge in [-0.15, -0.1) is 0 Å². The monoisotopic (exact) mass is 343 g/mol. The molecule has 3 N–H and O–H groups in total. The Bertz CT molecular complexity index is 772. The van der Waals surface area contributed by atoms with Gasteiger partial charge < -0.3 is 20.7 Å². The fourth-order valence-electron chi connectivity index (χ4n) is 3.00. The Balaban J connectivity index is 1.73. The second-order valence-electron chi connectivity index (χ2n) is 7.35. The van der Waals surface area contributed by atoms with Crippen LogP contribution in [-0.4, -0.2) is 40.8 Å². The number of nitrogens with two attached hydrogens (primary N) is 1. The van der Waals surface area contributed by atoms with Crippen molar-refractivity contribution in [2.45, 2.75) is 45.3 Å². The lowest BCUT2D eigenvalue weighted by atomic mass is 10.1. The Morgan fingerprint density at radius 2 is 1.96 bits per heavy atom. The van der Waals surface area contributed by atoms with Crippen LogP contribution < -0.4 is 16.0 Å². The number of anilines is 2. The van der Waals surface area contributed by atoms with Crippen molar-refractivity contribution < 1.29 is 9.53 Å². The lowest BCUT2D eigenvalue weighted by Crippen LogP contribution is -2.49. The molecule has 0 saturated carbocycles. The van der Waals surface area contributed by atoms with Crippen LogP contribution in [0.1, 0.15) is 33.6 Å². The zero-order chi connectivity index (χ0) is 18.0. The first-order valence-electron chi connectivity index (χ1n) is 8.58. The van der Waals surface area contributed by atoms with Crippen molar-refractivity contribution in [1.29, 1.82) is 0 Å². The number of aromatic nitrogens is 2. The van der Waals surface area contributed by atoms with Gasteiger partial charge in [0.2, 0.25) is 0 Å². The van der Waals surface area contributed by atoms with Gasteiger partial charge in [-0.1, -0.05) is 12.1 Å². The van der Waals surface area contributed by atoms with E-state index in [1.165, 1.54) is 0 Å². The maximum absolute atomic E-state index is 12.0. The number of para-hydroxylation sites is 2. The van der Waals surface area contributed by atoms with Gasteiger partial charge in [0.1, 0.15) is 5.60 Å². The molecule has 0 radical (unpaired) electrons. The maximum atomic E-state index is 12.0. The van der Waals surface area contributed by atoms with Crippen molar-refractivity contribution in [2.24, 2.45) is 0 Å². The van der Waals surface area contributed by atoms with Gasteiger partial charge in [-0.2, -0.15) is 0 Å². The third-order valence-corrected chi connectivity index (χ3v) is 4.02. The second-order valence-corrected chi connectivity index (χ2v) is 7.35. The third-order valence-electron chi connectivity index (χ3n) is 4.02. The van der Waals surface area contributed by atoms with E-state index in [4.69, 9.17) is 10.5 Å². The summed E-state index contributed by atoms with van der Waals surface area (Å²) in [7, 11) is 0. The summed E-state index contributed by atoms with van der Waals surface area (Å²) in [6.45, 7) is 7.03. The average Bonchev–Trinajstić information content (AvgIpc) is 2.52. The maximum Gasteiger partial charge on any atom is 0.407 e. The number of nitrogens with zero attached hydrogens (tertiary/aromatic N) is 3. The van der Waals surface area contributed by atoms with Crippen LogP contribution in [0.3, 0.4) is 0 Å². The van der Waals surface area contributed by atoms with Crippen LogP contribution in [0.25, 0.3) is 11.0 Å². The molecule has 0 aliphatic carbocycles. The number of rotatable bonds is 2. The second kappa shape index (κ2) is 6.74. The summed E-state index contributed by atoms with van der Waals surface area (Å²) in [5.41, 5.74) is 7.21. The van der Waals surface area contributed by atoms with E-state index in [1.807, 2.05) is 45.0 Å². The molecule has 2 heterocycles. The highest BCUT2D eigenvalue weighted by atomic mass is 16.6. The largest absolute Gasteiger partial charge is 0.444 e. The van der Waals surface area contributed by atoms with Crippen LogP contribution in [-0.2, 0) is 4.74 Å². The van der Waals surface area contributed by atoms with E-state index in [0.29, 0.717) is 18.2 Å². The Labute approximate surface area is 147 Å². The first-order chi connectivity index (χ1) is 11.8. The molecule has 1 fully saturated rings. The molecule has 3 rings (SSSR count). The van der Waals surface area contributed by atoms with Gasteiger partial charge in [-0.3, -0.25) is 0 Å². The van der Waals surface area contributed by atoms with Crippen LogP contribution >= 0.6 is 0 Å². The van der Waals surface area contributed by atoms with Gasteiger partial charge >= 0.3 is 6.09 Å². The van der Waals surface area contributed by atoms with Crippen molar-refractivity contribution in [3.63, 3.8) is 0 Å². The van der Waals surface area contributed by atoms with Gasteiger partial charge in [-0.25, -0.2) is 14.8 Å². The number of amides is 1. The summed E-state index contributed by atoms with van der Waals surface area (Å²) in [6, 6.07) is 7.66. The minimum absolute atomic E-state index is 0.00345.